The summed E-state index contributed by atoms with van der Waals surface area (Å²) in [5, 5.41) is 0. The number of nitrogens with two attached hydrogens (primary N) is 1. The molecular formula is C14H22BrNS. The maximum atomic E-state index is 6.35. The highest BCUT2D eigenvalue weighted by molar-refractivity contribution is 9.10. The minimum atomic E-state index is 0.244. The second-order valence-electron chi connectivity index (χ2n) is 5.25. The van der Waals surface area contributed by atoms with E-state index in [-0.39, 0.29) is 6.04 Å². The molecule has 1 heterocycles. The smallest absolute Gasteiger partial charge is 0.0392 e. The summed E-state index contributed by atoms with van der Waals surface area (Å²) in [4.78, 5) is 2.69. The van der Waals surface area contributed by atoms with E-state index in [1.54, 1.807) is 0 Å². The lowest BCUT2D eigenvalue weighted by Gasteiger charge is -2.18. The van der Waals surface area contributed by atoms with E-state index in [2.05, 4.69) is 28.9 Å². The molecule has 2 rings (SSSR count). The molecule has 0 bridgehead atoms. The number of rotatable bonds is 3. The quantitative estimate of drug-likeness (QED) is 0.764. The fourth-order valence-electron chi connectivity index (χ4n) is 2.74. The predicted octanol–water partition coefficient (Wildman–Crippen LogP) is 5.18. The van der Waals surface area contributed by atoms with Gasteiger partial charge in [-0.05, 0) is 41.3 Å². The summed E-state index contributed by atoms with van der Waals surface area (Å²) >= 11 is 5.42. The van der Waals surface area contributed by atoms with Crippen molar-refractivity contribution in [2.24, 2.45) is 11.7 Å². The Labute approximate surface area is 117 Å². The summed E-state index contributed by atoms with van der Waals surface area (Å²) in [5.74, 6) is 0.855. The highest BCUT2D eigenvalue weighted by atomic mass is 79.9. The fourth-order valence-corrected chi connectivity index (χ4v) is 4.31. The first-order valence-electron chi connectivity index (χ1n) is 6.68. The molecule has 0 amide bonds. The van der Waals surface area contributed by atoms with Crippen LogP contribution >= 0.6 is 27.3 Å². The van der Waals surface area contributed by atoms with E-state index in [0.717, 1.165) is 5.92 Å². The first-order chi connectivity index (χ1) is 8.16. The lowest BCUT2D eigenvalue weighted by atomic mass is 9.92. The lowest BCUT2D eigenvalue weighted by molar-refractivity contribution is 0.395. The second kappa shape index (κ2) is 6.35. The number of halogens is 1. The van der Waals surface area contributed by atoms with Crippen molar-refractivity contribution in [3.05, 3.63) is 20.3 Å². The number of hydrogen-bond donors (Lipinski definition) is 1. The Bertz CT molecular complexity index is 334. The Balaban J connectivity index is 1.93. The summed E-state index contributed by atoms with van der Waals surface area (Å²) in [7, 11) is 0. The van der Waals surface area contributed by atoms with Crippen LogP contribution in [0.25, 0.3) is 0 Å². The van der Waals surface area contributed by atoms with Crippen LogP contribution in [-0.2, 0) is 0 Å². The van der Waals surface area contributed by atoms with Crippen LogP contribution in [0.2, 0.25) is 0 Å². The van der Waals surface area contributed by atoms with Gasteiger partial charge in [-0.1, -0.05) is 38.5 Å². The fraction of sp³-hybridized carbons (Fsp3) is 0.714. The van der Waals surface area contributed by atoms with E-state index < -0.39 is 0 Å². The minimum Gasteiger partial charge on any atom is -0.323 e. The van der Waals surface area contributed by atoms with Gasteiger partial charge in [0, 0.05) is 20.3 Å². The highest BCUT2D eigenvalue weighted by Gasteiger charge is 2.18. The van der Waals surface area contributed by atoms with Gasteiger partial charge in [0.15, 0.2) is 0 Å². The third-order valence-electron chi connectivity index (χ3n) is 3.80. The largest absolute Gasteiger partial charge is 0.323 e. The van der Waals surface area contributed by atoms with Gasteiger partial charge in [-0.15, -0.1) is 11.3 Å². The third-order valence-corrected chi connectivity index (χ3v) is 6.07. The molecule has 1 saturated carbocycles. The van der Waals surface area contributed by atoms with Crippen molar-refractivity contribution in [1.29, 1.82) is 0 Å². The zero-order valence-corrected chi connectivity index (χ0v) is 12.9. The molecule has 1 fully saturated rings. The molecule has 0 spiro atoms. The van der Waals surface area contributed by atoms with Crippen LogP contribution in [0.4, 0.5) is 0 Å². The molecule has 1 aromatic heterocycles. The van der Waals surface area contributed by atoms with Gasteiger partial charge in [0.05, 0.1) is 0 Å². The molecule has 1 unspecified atom stereocenters. The first-order valence-corrected chi connectivity index (χ1v) is 8.29. The average Bonchev–Trinajstić information content (AvgIpc) is 2.54. The van der Waals surface area contributed by atoms with Crippen molar-refractivity contribution in [2.45, 2.75) is 57.9 Å². The molecule has 1 aromatic rings. The standard InChI is InChI=1S/C14H22BrNS/c1-10-12(15)9-14(17-10)13(16)8-11-6-4-2-3-5-7-11/h9,11,13H,2-8,16H2,1H3. The molecule has 1 atom stereocenters. The van der Waals surface area contributed by atoms with Crippen LogP contribution in [0, 0.1) is 12.8 Å². The van der Waals surface area contributed by atoms with Crippen LogP contribution < -0.4 is 5.73 Å². The Hall–Kier alpha value is 0.140. The number of aryl methyl sites for hydroxylation is 1. The molecule has 17 heavy (non-hydrogen) atoms. The molecule has 1 nitrogen and oxygen atoms in total. The second-order valence-corrected chi connectivity index (χ2v) is 7.39. The van der Waals surface area contributed by atoms with Gasteiger partial charge in [-0.2, -0.15) is 0 Å². The van der Waals surface area contributed by atoms with Crippen LogP contribution in [0.5, 0.6) is 0 Å². The van der Waals surface area contributed by atoms with Gasteiger partial charge in [-0.3, -0.25) is 0 Å². The minimum absolute atomic E-state index is 0.244. The van der Waals surface area contributed by atoms with Crippen LogP contribution in [0.1, 0.15) is 60.7 Å². The average molecular weight is 316 g/mol. The highest BCUT2D eigenvalue weighted by Crippen LogP contribution is 2.35. The molecule has 3 heteroatoms. The molecule has 0 saturated heterocycles. The van der Waals surface area contributed by atoms with Gasteiger partial charge < -0.3 is 5.73 Å². The van der Waals surface area contributed by atoms with Crippen molar-refractivity contribution in [3.8, 4) is 0 Å². The zero-order valence-electron chi connectivity index (χ0n) is 10.5. The predicted molar refractivity (Wildman–Crippen MR) is 79.5 cm³/mol. The van der Waals surface area contributed by atoms with E-state index in [1.165, 1.54) is 59.2 Å². The monoisotopic (exact) mass is 315 g/mol. The number of hydrogen-bond acceptors (Lipinski definition) is 2. The van der Waals surface area contributed by atoms with Gasteiger partial charge >= 0.3 is 0 Å². The van der Waals surface area contributed by atoms with E-state index in [9.17, 15) is 0 Å². The Morgan fingerprint density at radius 3 is 2.53 bits per heavy atom. The van der Waals surface area contributed by atoms with Crippen molar-refractivity contribution in [3.63, 3.8) is 0 Å². The zero-order chi connectivity index (χ0) is 12.3. The van der Waals surface area contributed by atoms with Gasteiger partial charge in [0.1, 0.15) is 0 Å². The molecule has 1 aliphatic rings. The summed E-state index contributed by atoms with van der Waals surface area (Å²) < 4.78 is 1.22. The maximum absolute atomic E-state index is 6.35. The van der Waals surface area contributed by atoms with Gasteiger partial charge in [0.2, 0.25) is 0 Å². The summed E-state index contributed by atoms with van der Waals surface area (Å²) in [6.45, 7) is 2.15. The van der Waals surface area contributed by atoms with Crippen molar-refractivity contribution in [1.82, 2.24) is 0 Å². The molecule has 0 aromatic carbocycles. The van der Waals surface area contributed by atoms with Crippen molar-refractivity contribution in [2.75, 3.05) is 0 Å². The van der Waals surface area contributed by atoms with Gasteiger partial charge in [0.25, 0.3) is 0 Å². The van der Waals surface area contributed by atoms with E-state index in [4.69, 9.17) is 5.73 Å². The van der Waals surface area contributed by atoms with E-state index in [0.29, 0.717) is 0 Å². The third kappa shape index (κ3) is 3.80. The molecule has 0 radical (unpaired) electrons. The first kappa shape index (κ1) is 13.6. The summed E-state index contributed by atoms with van der Waals surface area (Å²) in [6, 6.07) is 2.45. The SMILES string of the molecule is Cc1sc(C(N)CC2CCCCCC2)cc1Br. The van der Waals surface area contributed by atoms with Crippen molar-refractivity contribution < 1.29 is 0 Å². The van der Waals surface area contributed by atoms with Gasteiger partial charge in [-0.25, -0.2) is 0 Å². The topological polar surface area (TPSA) is 26.0 Å². The Morgan fingerprint density at radius 1 is 1.35 bits per heavy atom. The molecule has 96 valence electrons. The van der Waals surface area contributed by atoms with Crippen LogP contribution in [0.15, 0.2) is 10.5 Å². The molecule has 2 N–H and O–H groups in total. The van der Waals surface area contributed by atoms with Crippen LogP contribution in [0.3, 0.4) is 0 Å². The molecular weight excluding hydrogens is 294 g/mol. The van der Waals surface area contributed by atoms with Crippen LogP contribution in [-0.4, -0.2) is 0 Å². The lowest BCUT2D eigenvalue weighted by Crippen LogP contribution is -2.14. The van der Waals surface area contributed by atoms with E-state index >= 15 is 0 Å². The molecule has 1 aliphatic carbocycles. The normalized spacial score (nSPS) is 20.2. The number of thiophene rings is 1. The molecule has 0 aliphatic heterocycles. The maximum Gasteiger partial charge on any atom is 0.0392 e. The Morgan fingerprint density at radius 2 is 2.00 bits per heavy atom. The summed E-state index contributed by atoms with van der Waals surface area (Å²) in [5.41, 5.74) is 6.35. The van der Waals surface area contributed by atoms with E-state index in [1.807, 2.05) is 11.3 Å². The van der Waals surface area contributed by atoms with Crippen molar-refractivity contribution >= 4 is 27.3 Å². The summed E-state index contributed by atoms with van der Waals surface area (Å²) in [6.07, 6.45) is 9.62. The Kier molecular flexibility index (Phi) is 5.07.